The van der Waals surface area contributed by atoms with E-state index in [4.69, 9.17) is 10.00 Å². The predicted octanol–water partition coefficient (Wildman–Crippen LogP) is 1.12. The standard InChI is InChI=1S/C12H16N2O2/c13-7-12(4-1-5-12)11(15)14-9-6-8-2-3-10(9)16-8/h8-10H,1-6H2,(H,14,15). The molecule has 4 heteroatoms. The van der Waals surface area contributed by atoms with Crippen LogP contribution in [-0.4, -0.2) is 24.2 Å². The number of fused-ring (bicyclic) bond motifs is 2. The van der Waals surface area contributed by atoms with E-state index >= 15 is 0 Å². The number of carbonyl (C=O) groups is 1. The lowest BCUT2D eigenvalue weighted by atomic mass is 9.69. The maximum Gasteiger partial charge on any atom is 0.240 e. The first-order chi connectivity index (χ1) is 7.73. The third kappa shape index (κ3) is 1.35. The van der Waals surface area contributed by atoms with Crippen LogP contribution in [0.25, 0.3) is 0 Å². The smallest absolute Gasteiger partial charge is 0.240 e. The number of carbonyl (C=O) groups excluding carboxylic acids is 1. The topological polar surface area (TPSA) is 62.1 Å². The van der Waals surface area contributed by atoms with Crippen molar-refractivity contribution in [1.29, 1.82) is 5.26 Å². The van der Waals surface area contributed by atoms with Crippen molar-refractivity contribution in [3.8, 4) is 6.07 Å². The minimum Gasteiger partial charge on any atom is -0.373 e. The summed E-state index contributed by atoms with van der Waals surface area (Å²) in [5, 5.41) is 12.1. The SMILES string of the molecule is N#CC1(C(=O)NC2CC3CCC2O3)CCC1. The molecular formula is C12H16N2O2. The molecule has 1 N–H and O–H groups in total. The van der Waals surface area contributed by atoms with Crippen molar-refractivity contribution in [1.82, 2.24) is 5.32 Å². The molecule has 0 aromatic rings. The molecule has 0 aromatic carbocycles. The van der Waals surface area contributed by atoms with E-state index in [2.05, 4.69) is 11.4 Å². The number of hydrogen-bond donors (Lipinski definition) is 1. The van der Waals surface area contributed by atoms with Crippen LogP contribution in [0, 0.1) is 16.7 Å². The van der Waals surface area contributed by atoms with E-state index in [1.165, 1.54) is 0 Å². The number of amides is 1. The van der Waals surface area contributed by atoms with Crippen molar-refractivity contribution in [2.24, 2.45) is 5.41 Å². The van der Waals surface area contributed by atoms with Gasteiger partial charge in [0.15, 0.2) is 0 Å². The first-order valence-electron chi connectivity index (χ1n) is 6.11. The molecule has 16 heavy (non-hydrogen) atoms. The monoisotopic (exact) mass is 220 g/mol. The zero-order valence-electron chi connectivity index (χ0n) is 9.24. The first kappa shape index (κ1) is 10.1. The van der Waals surface area contributed by atoms with Gasteiger partial charge in [-0.05, 0) is 38.5 Å². The van der Waals surface area contributed by atoms with Crippen molar-refractivity contribution in [3.63, 3.8) is 0 Å². The highest BCUT2D eigenvalue weighted by Crippen LogP contribution is 2.41. The second-order valence-corrected chi connectivity index (χ2v) is 5.24. The summed E-state index contributed by atoms with van der Waals surface area (Å²) in [7, 11) is 0. The Morgan fingerprint density at radius 3 is 2.69 bits per heavy atom. The van der Waals surface area contributed by atoms with Crippen molar-refractivity contribution < 1.29 is 9.53 Å². The molecule has 2 saturated heterocycles. The van der Waals surface area contributed by atoms with Gasteiger partial charge in [-0.1, -0.05) is 0 Å². The Morgan fingerprint density at radius 2 is 2.25 bits per heavy atom. The molecule has 86 valence electrons. The van der Waals surface area contributed by atoms with Gasteiger partial charge < -0.3 is 10.1 Å². The van der Waals surface area contributed by atoms with Gasteiger partial charge in [-0.3, -0.25) is 4.79 Å². The average molecular weight is 220 g/mol. The van der Waals surface area contributed by atoms with Gasteiger partial charge in [0.05, 0.1) is 24.3 Å². The molecule has 3 rings (SSSR count). The van der Waals surface area contributed by atoms with Crippen LogP contribution in [-0.2, 0) is 9.53 Å². The first-order valence-corrected chi connectivity index (χ1v) is 6.11. The van der Waals surface area contributed by atoms with Crippen molar-refractivity contribution in [3.05, 3.63) is 0 Å². The molecule has 3 atom stereocenters. The van der Waals surface area contributed by atoms with E-state index in [1.807, 2.05) is 0 Å². The third-order valence-corrected chi connectivity index (χ3v) is 4.28. The number of nitrogens with zero attached hydrogens (tertiary/aromatic N) is 1. The lowest BCUT2D eigenvalue weighted by molar-refractivity contribution is -0.132. The van der Waals surface area contributed by atoms with Gasteiger partial charge in [0.1, 0.15) is 5.41 Å². The van der Waals surface area contributed by atoms with E-state index in [0.717, 1.165) is 38.5 Å². The second kappa shape index (κ2) is 3.46. The Labute approximate surface area is 95.0 Å². The molecular weight excluding hydrogens is 204 g/mol. The number of nitriles is 1. The number of rotatable bonds is 2. The number of ether oxygens (including phenoxy) is 1. The molecule has 3 fully saturated rings. The molecule has 1 amide bonds. The van der Waals surface area contributed by atoms with E-state index in [9.17, 15) is 4.79 Å². The summed E-state index contributed by atoms with van der Waals surface area (Å²) in [6.45, 7) is 0. The quantitative estimate of drug-likeness (QED) is 0.758. The molecule has 2 aliphatic heterocycles. The second-order valence-electron chi connectivity index (χ2n) is 5.24. The molecule has 0 aromatic heterocycles. The molecule has 0 radical (unpaired) electrons. The maximum atomic E-state index is 12.0. The molecule has 1 aliphatic carbocycles. The average Bonchev–Trinajstić information content (AvgIpc) is 2.78. The predicted molar refractivity (Wildman–Crippen MR) is 56.3 cm³/mol. The summed E-state index contributed by atoms with van der Waals surface area (Å²) in [5.41, 5.74) is -0.720. The summed E-state index contributed by atoms with van der Waals surface area (Å²) in [6.07, 6.45) is 6.08. The summed E-state index contributed by atoms with van der Waals surface area (Å²) >= 11 is 0. The fourth-order valence-corrected chi connectivity index (χ4v) is 3.02. The van der Waals surface area contributed by atoms with Crippen LogP contribution in [0.2, 0.25) is 0 Å². The molecule has 2 bridgehead atoms. The largest absolute Gasteiger partial charge is 0.373 e. The van der Waals surface area contributed by atoms with Crippen LogP contribution in [0.5, 0.6) is 0 Å². The number of nitrogens with one attached hydrogen (secondary N) is 1. The van der Waals surface area contributed by atoms with Crippen molar-refractivity contribution >= 4 is 5.91 Å². The zero-order valence-corrected chi connectivity index (χ0v) is 9.24. The molecule has 0 spiro atoms. The number of hydrogen-bond acceptors (Lipinski definition) is 3. The Balaban J connectivity index is 1.63. The fraction of sp³-hybridized carbons (Fsp3) is 0.833. The molecule has 3 aliphatic rings. The minimum atomic E-state index is -0.720. The van der Waals surface area contributed by atoms with Crippen LogP contribution in [0.1, 0.15) is 38.5 Å². The van der Waals surface area contributed by atoms with Gasteiger partial charge in [-0.2, -0.15) is 5.26 Å². The van der Waals surface area contributed by atoms with Gasteiger partial charge in [0.25, 0.3) is 0 Å². The van der Waals surface area contributed by atoms with Crippen LogP contribution in [0.15, 0.2) is 0 Å². The van der Waals surface area contributed by atoms with Gasteiger partial charge in [0, 0.05) is 0 Å². The van der Waals surface area contributed by atoms with Crippen LogP contribution >= 0.6 is 0 Å². The van der Waals surface area contributed by atoms with E-state index in [1.54, 1.807) is 0 Å². The minimum absolute atomic E-state index is 0.0672. The van der Waals surface area contributed by atoms with Gasteiger partial charge in [0.2, 0.25) is 5.91 Å². The van der Waals surface area contributed by atoms with E-state index < -0.39 is 5.41 Å². The fourth-order valence-electron chi connectivity index (χ4n) is 3.02. The summed E-state index contributed by atoms with van der Waals surface area (Å²) in [4.78, 5) is 12.0. The lowest BCUT2D eigenvalue weighted by Crippen LogP contribution is -2.50. The Bertz CT molecular complexity index is 357. The highest BCUT2D eigenvalue weighted by atomic mass is 16.5. The molecule has 2 heterocycles. The highest BCUT2D eigenvalue weighted by Gasteiger charge is 2.48. The van der Waals surface area contributed by atoms with Crippen LogP contribution in [0.3, 0.4) is 0 Å². The molecule has 4 nitrogen and oxygen atoms in total. The molecule has 1 saturated carbocycles. The van der Waals surface area contributed by atoms with E-state index in [-0.39, 0.29) is 18.1 Å². The van der Waals surface area contributed by atoms with Gasteiger partial charge in [-0.25, -0.2) is 0 Å². The van der Waals surface area contributed by atoms with E-state index in [0.29, 0.717) is 6.10 Å². The van der Waals surface area contributed by atoms with Crippen LogP contribution in [0.4, 0.5) is 0 Å². The molecule has 3 unspecified atom stereocenters. The highest BCUT2D eigenvalue weighted by molar-refractivity contribution is 5.86. The van der Waals surface area contributed by atoms with Gasteiger partial charge >= 0.3 is 0 Å². The summed E-state index contributed by atoms with van der Waals surface area (Å²) in [5.74, 6) is -0.0672. The van der Waals surface area contributed by atoms with Crippen molar-refractivity contribution in [2.45, 2.75) is 56.8 Å². The normalized spacial score (nSPS) is 38.8. The maximum absolute atomic E-state index is 12.0. The van der Waals surface area contributed by atoms with Crippen LogP contribution < -0.4 is 5.32 Å². The summed E-state index contributed by atoms with van der Waals surface area (Å²) in [6, 6.07) is 2.33. The van der Waals surface area contributed by atoms with Gasteiger partial charge in [-0.15, -0.1) is 0 Å². The lowest BCUT2D eigenvalue weighted by Gasteiger charge is -2.35. The van der Waals surface area contributed by atoms with Crippen molar-refractivity contribution in [2.75, 3.05) is 0 Å². The summed E-state index contributed by atoms with van der Waals surface area (Å²) < 4.78 is 5.69. The Hall–Kier alpha value is -1.08. The third-order valence-electron chi connectivity index (χ3n) is 4.28. The zero-order chi connectivity index (χ0) is 11.2. The Kier molecular flexibility index (Phi) is 2.18. The Morgan fingerprint density at radius 1 is 1.44 bits per heavy atom.